The van der Waals surface area contributed by atoms with Crippen molar-refractivity contribution >= 4 is 23.0 Å². The Kier molecular flexibility index (Phi) is 5.27. The van der Waals surface area contributed by atoms with Crippen LogP contribution < -0.4 is 10.6 Å². The van der Waals surface area contributed by atoms with Gasteiger partial charge in [0, 0.05) is 17.6 Å². The third-order valence-electron chi connectivity index (χ3n) is 3.79. The van der Waals surface area contributed by atoms with Gasteiger partial charge in [0.05, 0.1) is 16.8 Å². The van der Waals surface area contributed by atoms with Crippen LogP contribution in [0.1, 0.15) is 21.6 Å². The lowest BCUT2D eigenvalue weighted by atomic mass is 10.2. The number of pyridine rings is 1. The van der Waals surface area contributed by atoms with E-state index in [-0.39, 0.29) is 5.69 Å². The van der Waals surface area contributed by atoms with E-state index in [2.05, 4.69) is 15.6 Å². The molecular weight excluding hydrogens is 369 g/mol. The third kappa shape index (κ3) is 4.45. The van der Waals surface area contributed by atoms with Crippen molar-refractivity contribution in [2.75, 3.05) is 10.6 Å². The molecule has 0 unspecified atom stereocenters. The summed E-state index contributed by atoms with van der Waals surface area (Å²) in [5, 5.41) is 14.6. The Hall–Kier alpha value is -3.86. The smallest absolute Gasteiger partial charge is 0.355 e. The van der Waals surface area contributed by atoms with Gasteiger partial charge >= 0.3 is 6.18 Å². The number of nitriles is 1. The van der Waals surface area contributed by atoms with E-state index in [0.717, 1.165) is 12.1 Å². The third-order valence-corrected chi connectivity index (χ3v) is 3.79. The Labute approximate surface area is 158 Å². The predicted octanol–water partition coefficient (Wildman–Crippen LogP) is 4.97. The second-order valence-electron chi connectivity index (χ2n) is 5.74. The lowest BCUT2D eigenvalue weighted by molar-refractivity contribution is -0.137. The number of anilines is 3. The summed E-state index contributed by atoms with van der Waals surface area (Å²) in [5.74, 6) is -0.515. The minimum atomic E-state index is -4.40. The van der Waals surface area contributed by atoms with E-state index in [1.165, 1.54) is 24.4 Å². The number of rotatable bonds is 4. The fourth-order valence-corrected chi connectivity index (χ4v) is 2.42. The molecule has 3 aromatic rings. The van der Waals surface area contributed by atoms with Crippen LogP contribution in [0.4, 0.5) is 30.2 Å². The van der Waals surface area contributed by atoms with Gasteiger partial charge < -0.3 is 10.6 Å². The van der Waals surface area contributed by atoms with Crippen molar-refractivity contribution in [3.63, 3.8) is 0 Å². The van der Waals surface area contributed by atoms with E-state index in [1.807, 2.05) is 6.07 Å². The number of amides is 1. The van der Waals surface area contributed by atoms with Gasteiger partial charge in [-0.2, -0.15) is 18.4 Å². The molecule has 2 aromatic carbocycles. The van der Waals surface area contributed by atoms with Gasteiger partial charge in [-0.15, -0.1) is 0 Å². The van der Waals surface area contributed by atoms with Crippen molar-refractivity contribution in [1.29, 1.82) is 5.26 Å². The first kappa shape index (κ1) is 18.9. The molecule has 0 aliphatic carbocycles. The minimum absolute atomic E-state index is 0.0876. The molecule has 0 atom stereocenters. The number of nitrogens with zero attached hydrogens (tertiary/aromatic N) is 2. The van der Waals surface area contributed by atoms with Crippen LogP contribution in [0.2, 0.25) is 0 Å². The van der Waals surface area contributed by atoms with Crippen LogP contribution >= 0.6 is 0 Å². The molecule has 1 aromatic heterocycles. The molecule has 0 saturated heterocycles. The van der Waals surface area contributed by atoms with Crippen molar-refractivity contribution < 1.29 is 18.0 Å². The first-order valence-electron chi connectivity index (χ1n) is 8.07. The number of carbonyl (C=O) groups excluding carboxylic acids is 1. The van der Waals surface area contributed by atoms with Crippen LogP contribution in [0, 0.1) is 11.3 Å². The maximum Gasteiger partial charge on any atom is 0.416 e. The molecule has 0 spiro atoms. The Bertz CT molecular complexity index is 1040. The summed E-state index contributed by atoms with van der Waals surface area (Å²) in [6, 6.07) is 16.1. The maximum atomic E-state index is 12.6. The maximum absolute atomic E-state index is 12.6. The largest absolute Gasteiger partial charge is 0.416 e. The van der Waals surface area contributed by atoms with Crippen molar-refractivity contribution in [3.05, 3.63) is 83.7 Å². The molecule has 3 rings (SSSR count). The van der Waals surface area contributed by atoms with Gasteiger partial charge in [-0.05, 0) is 48.5 Å². The minimum Gasteiger partial charge on any atom is -0.355 e. The molecule has 8 heteroatoms. The first-order chi connectivity index (χ1) is 13.4. The Morgan fingerprint density at radius 3 is 2.39 bits per heavy atom. The average Bonchev–Trinajstić information content (AvgIpc) is 2.68. The monoisotopic (exact) mass is 382 g/mol. The number of halogens is 3. The number of para-hydroxylation sites is 1. The van der Waals surface area contributed by atoms with Gasteiger partial charge in [-0.3, -0.25) is 9.78 Å². The van der Waals surface area contributed by atoms with E-state index in [0.29, 0.717) is 22.6 Å². The Morgan fingerprint density at radius 1 is 1.00 bits per heavy atom. The van der Waals surface area contributed by atoms with Gasteiger partial charge in [-0.25, -0.2) is 0 Å². The van der Waals surface area contributed by atoms with E-state index in [4.69, 9.17) is 5.26 Å². The lowest BCUT2D eigenvalue weighted by Gasteiger charge is -2.11. The Morgan fingerprint density at radius 2 is 1.71 bits per heavy atom. The number of alkyl halides is 3. The van der Waals surface area contributed by atoms with Crippen molar-refractivity contribution in [1.82, 2.24) is 4.98 Å². The van der Waals surface area contributed by atoms with Crippen LogP contribution in [0.25, 0.3) is 0 Å². The molecule has 5 nitrogen and oxygen atoms in total. The van der Waals surface area contributed by atoms with E-state index in [1.54, 1.807) is 30.3 Å². The number of aromatic nitrogens is 1. The zero-order chi connectivity index (χ0) is 20.1. The van der Waals surface area contributed by atoms with Crippen LogP contribution in [0.15, 0.2) is 66.9 Å². The van der Waals surface area contributed by atoms with Crippen molar-refractivity contribution in [2.24, 2.45) is 0 Å². The standard InChI is InChI=1S/C20H13F3N4O/c21-20(22,23)14-5-7-15(8-6-14)26-16-9-10-25-18(11-16)19(28)27-17-4-2-1-3-13(17)12-24/h1-11H,(H,25,26)(H,27,28). The molecule has 1 heterocycles. The van der Waals surface area contributed by atoms with Crippen LogP contribution in [0.5, 0.6) is 0 Å². The molecule has 0 saturated carbocycles. The van der Waals surface area contributed by atoms with Crippen molar-refractivity contribution in [3.8, 4) is 6.07 Å². The normalized spacial score (nSPS) is 10.8. The van der Waals surface area contributed by atoms with Gasteiger partial charge in [0.2, 0.25) is 0 Å². The number of nitrogens with one attached hydrogen (secondary N) is 2. The molecule has 0 bridgehead atoms. The predicted molar refractivity (Wildman–Crippen MR) is 98.1 cm³/mol. The van der Waals surface area contributed by atoms with Crippen LogP contribution in [-0.4, -0.2) is 10.9 Å². The summed E-state index contributed by atoms with van der Waals surface area (Å²) in [6.07, 6.45) is -3.00. The first-order valence-corrected chi connectivity index (χ1v) is 8.07. The highest BCUT2D eigenvalue weighted by Crippen LogP contribution is 2.30. The number of benzene rings is 2. The highest BCUT2D eigenvalue weighted by atomic mass is 19.4. The molecule has 0 fully saturated rings. The van der Waals surface area contributed by atoms with Gasteiger partial charge in [0.1, 0.15) is 11.8 Å². The molecule has 0 radical (unpaired) electrons. The lowest BCUT2D eigenvalue weighted by Crippen LogP contribution is -2.14. The molecule has 1 amide bonds. The zero-order valence-corrected chi connectivity index (χ0v) is 14.3. The highest BCUT2D eigenvalue weighted by Gasteiger charge is 2.29. The highest BCUT2D eigenvalue weighted by molar-refractivity contribution is 6.04. The number of hydrogen-bond acceptors (Lipinski definition) is 4. The van der Waals surface area contributed by atoms with E-state index in [9.17, 15) is 18.0 Å². The van der Waals surface area contributed by atoms with Gasteiger partial charge in [0.15, 0.2) is 0 Å². The van der Waals surface area contributed by atoms with Gasteiger partial charge in [-0.1, -0.05) is 12.1 Å². The topological polar surface area (TPSA) is 77.8 Å². The van der Waals surface area contributed by atoms with E-state index >= 15 is 0 Å². The van der Waals surface area contributed by atoms with Gasteiger partial charge in [0.25, 0.3) is 5.91 Å². The molecule has 140 valence electrons. The summed E-state index contributed by atoms with van der Waals surface area (Å²) in [6.45, 7) is 0. The fourth-order valence-electron chi connectivity index (χ4n) is 2.42. The summed E-state index contributed by atoms with van der Waals surface area (Å²) >= 11 is 0. The second-order valence-corrected chi connectivity index (χ2v) is 5.74. The fraction of sp³-hybridized carbons (Fsp3) is 0.0500. The quantitative estimate of drug-likeness (QED) is 0.668. The summed E-state index contributed by atoms with van der Waals surface area (Å²) in [7, 11) is 0. The molecule has 28 heavy (non-hydrogen) atoms. The zero-order valence-electron chi connectivity index (χ0n) is 14.3. The summed E-state index contributed by atoms with van der Waals surface area (Å²) in [5.41, 5.74) is 0.926. The molecule has 2 N–H and O–H groups in total. The van der Waals surface area contributed by atoms with E-state index < -0.39 is 17.6 Å². The van der Waals surface area contributed by atoms with Crippen molar-refractivity contribution in [2.45, 2.75) is 6.18 Å². The Balaban J connectivity index is 1.75. The summed E-state index contributed by atoms with van der Waals surface area (Å²) in [4.78, 5) is 16.4. The molecular formula is C20H13F3N4O. The molecule has 0 aliphatic rings. The SMILES string of the molecule is N#Cc1ccccc1NC(=O)c1cc(Nc2ccc(C(F)(F)F)cc2)ccn1. The van der Waals surface area contributed by atoms with Crippen LogP contribution in [-0.2, 0) is 6.18 Å². The molecule has 0 aliphatic heterocycles. The second kappa shape index (κ2) is 7.80. The summed E-state index contributed by atoms with van der Waals surface area (Å²) < 4.78 is 37.9. The average molecular weight is 382 g/mol. The number of hydrogen-bond donors (Lipinski definition) is 2. The number of carbonyl (C=O) groups is 1. The van der Waals surface area contributed by atoms with Crippen LogP contribution in [0.3, 0.4) is 0 Å².